The first kappa shape index (κ1) is 13.6. The summed E-state index contributed by atoms with van der Waals surface area (Å²) in [5, 5.41) is 0. The number of halogens is 1. The highest BCUT2D eigenvalue weighted by molar-refractivity contribution is 9.09. The highest BCUT2D eigenvalue weighted by Crippen LogP contribution is 2.23. The molecule has 0 bridgehead atoms. The van der Waals surface area contributed by atoms with Crippen molar-refractivity contribution < 1.29 is 8.85 Å². The molecule has 0 radical (unpaired) electrons. The first-order chi connectivity index (χ1) is 6.24. The highest BCUT2D eigenvalue weighted by atomic mass is 79.9. The van der Waals surface area contributed by atoms with Crippen LogP contribution in [0, 0.1) is 0 Å². The van der Waals surface area contributed by atoms with E-state index in [2.05, 4.69) is 29.8 Å². The average Bonchev–Trinajstić information content (AvgIpc) is 2.15. The lowest BCUT2D eigenvalue weighted by Crippen LogP contribution is -2.40. The van der Waals surface area contributed by atoms with Crippen molar-refractivity contribution in [1.29, 1.82) is 0 Å². The van der Waals surface area contributed by atoms with Gasteiger partial charge in [0.1, 0.15) is 0 Å². The third-order valence-corrected chi connectivity index (χ3v) is 6.67. The van der Waals surface area contributed by atoms with Crippen molar-refractivity contribution in [2.45, 2.75) is 45.2 Å². The second-order valence-corrected chi connectivity index (χ2v) is 7.20. The summed E-state index contributed by atoms with van der Waals surface area (Å²) in [4.78, 5) is 0. The number of hydrogen-bond donors (Lipinski definition) is 0. The Kier molecular flexibility index (Phi) is 8.35. The quantitative estimate of drug-likeness (QED) is 0.494. The van der Waals surface area contributed by atoms with Crippen molar-refractivity contribution in [2.24, 2.45) is 0 Å². The fourth-order valence-corrected chi connectivity index (χ4v) is 5.63. The molecule has 80 valence electrons. The molecule has 1 unspecified atom stereocenters. The summed E-state index contributed by atoms with van der Waals surface area (Å²) < 4.78 is 11.4. The Hall–Kier alpha value is 0.617. The van der Waals surface area contributed by atoms with Gasteiger partial charge in [0.05, 0.1) is 5.52 Å². The SMILES string of the molecule is CCCC[Si](CCC)(OC)OCBr. The van der Waals surface area contributed by atoms with Gasteiger partial charge in [-0.25, -0.2) is 0 Å². The minimum Gasteiger partial charge on any atom is -0.398 e. The van der Waals surface area contributed by atoms with E-state index in [0.717, 1.165) is 18.5 Å². The van der Waals surface area contributed by atoms with E-state index >= 15 is 0 Å². The first-order valence-electron chi connectivity index (χ1n) is 4.99. The summed E-state index contributed by atoms with van der Waals surface area (Å²) in [6.45, 7) is 4.39. The monoisotopic (exact) mass is 268 g/mol. The van der Waals surface area contributed by atoms with Crippen molar-refractivity contribution in [1.82, 2.24) is 0 Å². The molecule has 0 heterocycles. The van der Waals surface area contributed by atoms with Gasteiger partial charge < -0.3 is 8.85 Å². The Morgan fingerprint density at radius 3 is 2.23 bits per heavy atom. The van der Waals surface area contributed by atoms with Crippen LogP contribution in [0.5, 0.6) is 0 Å². The molecule has 0 fully saturated rings. The summed E-state index contributed by atoms with van der Waals surface area (Å²) >= 11 is 3.32. The number of unbranched alkanes of at least 4 members (excludes halogenated alkanes) is 1. The highest BCUT2D eigenvalue weighted by Gasteiger charge is 2.34. The van der Waals surface area contributed by atoms with Crippen LogP contribution in [0.4, 0.5) is 0 Å². The normalized spacial score (nSPS) is 15.7. The van der Waals surface area contributed by atoms with Crippen LogP contribution in [-0.2, 0) is 8.85 Å². The van der Waals surface area contributed by atoms with E-state index in [1.54, 1.807) is 7.11 Å². The maximum absolute atomic E-state index is 5.75. The zero-order valence-electron chi connectivity index (χ0n) is 8.94. The molecule has 13 heavy (non-hydrogen) atoms. The first-order valence-corrected chi connectivity index (χ1v) is 8.35. The standard InChI is InChI=1S/C9H21BrO2Si/c1-4-6-8-13(11-3,7-5-2)12-9-10/h4-9H2,1-3H3. The number of hydrogen-bond acceptors (Lipinski definition) is 2. The lowest BCUT2D eigenvalue weighted by Gasteiger charge is -2.27. The summed E-state index contributed by atoms with van der Waals surface area (Å²) in [6.07, 6.45) is 3.58. The van der Waals surface area contributed by atoms with Gasteiger partial charge in [0.15, 0.2) is 0 Å². The molecule has 0 aromatic heterocycles. The topological polar surface area (TPSA) is 18.5 Å². The molecule has 0 rings (SSSR count). The largest absolute Gasteiger partial charge is 0.398 e. The summed E-state index contributed by atoms with van der Waals surface area (Å²) in [7, 11) is -0.0455. The smallest absolute Gasteiger partial charge is 0.338 e. The fraction of sp³-hybridized carbons (Fsp3) is 1.00. The second-order valence-electron chi connectivity index (χ2n) is 3.22. The zero-order chi connectivity index (χ0) is 10.2. The van der Waals surface area contributed by atoms with Crippen LogP contribution in [0.25, 0.3) is 0 Å². The molecule has 0 aromatic carbocycles. The fourth-order valence-electron chi connectivity index (χ4n) is 1.46. The lowest BCUT2D eigenvalue weighted by atomic mass is 10.4. The summed E-state index contributed by atoms with van der Waals surface area (Å²) in [6, 6.07) is 2.23. The lowest BCUT2D eigenvalue weighted by molar-refractivity contribution is 0.232. The van der Waals surface area contributed by atoms with Gasteiger partial charge in [-0.05, 0) is 12.1 Å². The van der Waals surface area contributed by atoms with Crippen LogP contribution in [0.2, 0.25) is 12.1 Å². The molecular weight excluding hydrogens is 248 g/mol. The Bertz CT molecular complexity index is 116. The predicted molar refractivity (Wildman–Crippen MR) is 62.5 cm³/mol. The molecule has 2 nitrogen and oxygen atoms in total. The van der Waals surface area contributed by atoms with Crippen LogP contribution in [0.3, 0.4) is 0 Å². The Morgan fingerprint density at radius 1 is 1.15 bits per heavy atom. The van der Waals surface area contributed by atoms with Crippen molar-refractivity contribution in [2.75, 3.05) is 12.6 Å². The van der Waals surface area contributed by atoms with E-state index in [0.29, 0.717) is 5.52 Å². The summed E-state index contributed by atoms with van der Waals surface area (Å²) in [5.41, 5.74) is 0.608. The predicted octanol–water partition coefficient (Wildman–Crippen LogP) is 3.65. The van der Waals surface area contributed by atoms with E-state index < -0.39 is 8.56 Å². The van der Waals surface area contributed by atoms with Crippen LogP contribution >= 0.6 is 15.9 Å². The minimum atomic E-state index is -1.84. The Labute approximate surface area is 91.4 Å². The molecule has 0 saturated carbocycles. The van der Waals surface area contributed by atoms with Crippen molar-refractivity contribution in [3.05, 3.63) is 0 Å². The molecule has 0 saturated heterocycles. The summed E-state index contributed by atoms with van der Waals surface area (Å²) in [5.74, 6) is 0. The van der Waals surface area contributed by atoms with Gasteiger partial charge in [-0.2, -0.15) is 0 Å². The van der Waals surface area contributed by atoms with Crippen molar-refractivity contribution in [3.63, 3.8) is 0 Å². The van der Waals surface area contributed by atoms with E-state index in [-0.39, 0.29) is 0 Å². The minimum absolute atomic E-state index is 0.608. The molecule has 0 aliphatic carbocycles. The molecule has 0 N–H and O–H groups in total. The van der Waals surface area contributed by atoms with Gasteiger partial charge in [0, 0.05) is 7.11 Å². The average molecular weight is 269 g/mol. The van der Waals surface area contributed by atoms with E-state index in [9.17, 15) is 0 Å². The van der Waals surface area contributed by atoms with Crippen LogP contribution in [0.1, 0.15) is 33.1 Å². The molecule has 0 aliphatic heterocycles. The Balaban J connectivity index is 4.07. The second kappa shape index (κ2) is 7.97. The maximum Gasteiger partial charge on any atom is 0.338 e. The zero-order valence-corrected chi connectivity index (χ0v) is 11.5. The molecule has 4 heteroatoms. The Morgan fingerprint density at radius 2 is 1.85 bits per heavy atom. The molecule has 0 aliphatic rings. The van der Waals surface area contributed by atoms with Gasteiger partial charge in [-0.1, -0.05) is 49.0 Å². The van der Waals surface area contributed by atoms with Gasteiger partial charge >= 0.3 is 8.56 Å². The van der Waals surface area contributed by atoms with Gasteiger partial charge in [0.2, 0.25) is 0 Å². The van der Waals surface area contributed by atoms with Gasteiger partial charge in [0.25, 0.3) is 0 Å². The van der Waals surface area contributed by atoms with E-state index in [1.165, 1.54) is 12.8 Å². The van der Waals surface area contributed by atoms with Crippen LogP contribution in [0.15, 0.2) is 0 Å². The third kappa shape index (κ3) is 5.15. The third-order valence-electron chi connectivity index (χ3n) is 2.23. The van der Waals surface area contributed by atoms with Crippen molar-refractivity contribution >= 4 is 24.5 Å². The molecule has 1 atom stereocenters. The number of rotatable bonds is 8. The van der Waals surface area contributed by atoms with Gasteiger partial charge in [-0.15, -0.1) is 0 Å². The van der Waals surface area contributed by atoms with Crippen LogP contribution in [-0.4, -0.2) is 21.2 Å². The van der Waals surface area contributed by atoms with E-state index in [4.69, 9.17) is 8.85 Å². The maximum atomic E-state index is 5.75. The van der Waals surface area contributed by atoms with Crippen molar-refractivity contribution in [3.8, 4) is 0 Å². The molecule has 0 amide bonds. The molecular formula is C9H21BrO2Si. The van der Waals surface area contributed by atoms with Crippen LogP contribution < -0.4 is 0 Å². The van der Waals surface area contributed by atoms with Gasteiger partial charge in [-0.3, -0.25) is 0 Å². The molecule has 0 spiro atoms. The molecule has 0 aromatic rings. The number of alkyl halides is 1. The van der Waals surface area contributed by atoms with E-state index in [1.807, 2.05) is 0 Å².